The van der Waals surface area contributed by atoms with E-state index in [4.69, 9.17) is 13.9 Å². The lowest BCUT2D eigenvalue weighted by atomic mass is 10.1. The van der Waals surface area contributed by atoms with Crippen LogP contribution in [0.2, 0.25) is 0 Å². The Kier molecular flexibility index (Phi) is 5.13. The summed E-state index contributed by atoms with van der Waals surface area (Å²) in [6, 6.07) is 15.3. The first-order valence-corrected chi connectivity index (χ1v) is 10.7. The zero-order chi connectivity index (χ0) is 21.2. The van der Waals surface area contributed by atoms with E-state index in [-0.39, 0.29) is 12.3 Å². The monoisotopic (exact) mass is 433 g/mol. The van der Waals surface area contributed by atoms with Gasteiger partial charge in [0, 0.05) is 16.5 Å². The molecule has 4 aromatic rings. The molecule has 1 N–H and O–H groups in total. The number of amides is 1. The van der Waals surface area contributed by atoms with Crippen LogP contribution < -0.4 is 14.8 Å². The number of aromatic nitrogens is 2. The summed E-state index contributed by atoms with van der Waals surface area (Å²) in [5.74, 6) is 2.38. The summed E-state index contributed by atoms with van der Waals surface area (Å²) in [4.78, 5) is 21.6. The van der Waals surface area contributed by atoms with Crippen molar-refractivity contribution < 1.29 is 18.7 Å². The van der Waals surface area contributed by atoms with Crippen LogP contribution in [0.1, 0.15) is 11.5 Å². The number of anilines is 1. The highest BCUT2D eigenvalue weighted by Crippen LogP contribution is 2.35. The lowest BCUT2D eigenvalue weighted by Crippen LogP contribution is -2.15. The molecule has 7 nitrogen and oxygen atoms in total. The number of hydrogen-bond acceptors (Lipinski definition) is 7. The van der Waals surface area contributed by atoms with E-state index >= 15 is 0 Å². The Balaban J connectivity index is 1.27. The predicted octanol–water partition coefficient (Wildman–Crippen LogP) is 4.73. The molecule has 0 atom stereocenters. The highest BCUT2D eigenvalue weighted by molar-refractivity contribution is 7.14. The molecule has 5 rings (SSSR count). The largest absolute Gasteiger partial charge is 0.486 e. The van der Waals surface area contributed by atoms with E-state index < -0.39 is 0 Å². The Morgan fingerprint density at radius 3 is 2.68 bits per heavy atom. The van der Waals surface area contributed by atoms with Crippen LogP contribution in [-0.2, 0) is 11.2 Å². The summed E-state index contributed by atoms with van der Waals surface area (Å²) in [6.07, 6.45) is 0.112. The van der Waals surface area contributed by atoms with Gasteiger partial charge in [0.1, 0.15) is 19.0 Å². The molecular formula is C23H19N3O4S. The lowest BCUT2D eigenvalue weighted by molar-refractivity contribution is -0.115. The summed E-state index contributed by atoms with van der Waals surface area (Å²) in [7, 11) is 0. The van der Waals surface area contributed by atoms with E-state index in [0.717, 1.165) is 22.6 Å². The Morgan fingerprint density at radius 1 is 1.03 bits per heavy atom. The summed E-state index contributed by atoms with van der Waals surface area (Å²) < 4.78 is 16.9. The Bertz CT molecular complexity index is 1230. The zero-order valence-electron chi connectivity index (χ0n) is 16.8. The molecule has 2 aromatic heterocycles. The molecule has 0 spiro atoms. The molecule has 31 heavy (non-hydrogen) atoms. The third-order valence-electron chi connectivity index (χ3n) is 4.83. The van der Waals surface area contributed by atoms with Crippen LogP contribution in [0.15, 0.2) is 58.3 Å². The molecule has 0 saturated carbocycles. The van der Waals surface area contributed by atoms with Gasteiger partial charge >= 0.3 is 0 Å². The lowest BCUT2D eigenvalue weighted by Gasteiger charge is -2.18. The number of fused-ring (bicyclic) bond motifs is 1. The van der Waals surface area contributed by atoms with Gasteiger partial charge in [-0.15, -0.1) is 11.3 Å². The molecule has 0 fully saturated rings. The maximum absolute atomic E-state index is 12.6. The molecule has 0 unspecified atom stereocenters. The van der Waals surface area contributed by atoms with Crippen LogP contribution in [0.25, 0.3) is 22.7 Å². The minimum absolute atomic E-state index is 0.112. The molecule has 1 amide bonds. The predicted molar refractivity (Wildman–Crippen MR) is 118 cm³/mol. The van der Waals surface area contributed by atoms with E-state index in [1.807, 2.05) is 60.8 Å². The number of ether oxygens (including phenoxy) is 2. The van der Waals surface area contributed by atoms with E-state index in [9.17, 15) is 4.79 Å². The number of nitrogens with one attached hydrogen (secondary N) is 1. The summed E-state index contributed by atoms with van der Waals surface area (Å²) >= 11 is 1.37. The van der Waals surface area contributed by atoms with Gasteiger partial charge in [-0.3, -0.25) is 4.79 Å². The molecule has 0 radical (unpaired) electrons. The van der Waals surface area contributed by atoms with Crippen LogP contribution in [0, 0.1) is 6.92 Å². The van der Waals surface area contributed by atoms with E-state index in [1.165, 1.54) is 11.3 Å². The summed E-state index contributed by atoms with van der Waals surface area (Å²) in [6.45, 7) is 2.89. The number of benzene rings is 2. The van der Waals surface area contributed by atoms with Crippen molar-refractivity contribution in [2.75, 3.05) is 18.5 Å². The fourth-order valence-corrected chi connectivity index (χ4v) is 4.01. The summed E-state index contributed by atoms with van der Waals surface area (Å²) in [5, 5.41) is 5.28. The second kappa shape index (κ2) is 8.23. The Labute approximate surface area is 182 Å². The Hall–Kier alpha value is -3.65. The molecule has 2 aromatic carbocycles. The van der Waals surface area contributed by atoms with Gasteiger partial charge in [0.05, 0.1) is 17.8 Å². The molecule has 0 bridgehead atoms. The maximum Gasteiger partial charge on any atom is 0.232 e. The molecule has 0 saturated heterocycles. The molecule has 3 heterocycles. The first-order chi connectivity index (χ1) is 15.2. The van der Waals surface area contributed by atoms with Crippen molar-refractivity contribution in [1.82, 2.24) is 9.97 Å². The fourth-order valence-electron chi connectivity index (χ4n) is 3.28. The zero-order valence-corrected chi connectivity index (χ0v) is 17.6. The van der Waals surface area contributed by atoms with Gasteiger partial charge < -0.3 is 19.2 Å². The first kappa shape index (κ1) is 19.3. The second-order valence-electron chi connectivity index (χ2n) is 7.01. The molecule has 0 aliphatic carbocycles. The number of nitrogens with zero attached hydrogens (tertiary/aromatic N) is 2. The van der Waals surface area contributed by atoms with Gasteiger partial charge in [0.2, 0.25) is 11.8 Å². The van der Waals surface area contributed by atoms with Crippen molar-refractivity contribution in [1.29, 1.82) is 0 Å². The molecule has 156 valence electrons. The third kappa shape index (κ3) is 4.15. The summed E-state index contributed by atoms with van der Waals surface area (Å²) in [5.41, 5.74) is 3.16. The van der Waals surface area contributed by atoms with Crippen molar-refractivity contribution in [3.8, 4) is 34.2 Å². The van der Waals surface area contributed by atoms with Crippen LogP contribution in [0.4, 0.5) is 5.13 Å². The smallest absolute Gasteiger partial charge is 0.232 e. The van der Waals surface area contributed by atoms with Crippen LogP contribution in [-0.4, -0.2) is 29.1 Å². The van der Waals surface area contributed by atoms with Crippen molar-refractivity contribution in [2.45, 2.75) is 13.3 Å². The Morgan fingerprint density at radius 2 is 1.84 bits per heavy atom. The van der Waals surface area contributed by atoms with Crippen LogP contribution >= 0.6 is 11.3 Å². The quantitative estimate of drug-likeness (QED) is 0.490. The average Bonchev–Trinajstić information content (AvgIpc) is 3.41. The number of aryl methyl sites for hydroxylation is 1. The highest BCUT2D eigenvalue weighted by Gasteiger charge is 2.17. The number of thiazole rings is 1. The highest BCUT2D eigenvalue weighted by atomic mass is 32.1. The second-order valence-corrected chi connectivity index (χ2v) is 7.87. The minimum Gasteiger partial charge on any atom is -0.486 e. The molecule has 1 aliphatic heterocycles. The van der Waals surface area contributed by atoms with E-state index in [1.54, 1.807) is 0 Å². The third-order valence-corrected chi connectivity index (χ3v) is 5.59. The van der Waals surface area contributed by atoms with Crippen molar-refractivity contribution >= 4 is 22.4 Å². The SMILES string of the molecule is Cc1oc(-c2ccccc2)nc1CC(=O)Nc1nc(-c2ccc3c(c2)OCCO3)cs1. The normalized spacial score (nSPS) is 12.5. The standard InChI is InChI=1S/C23H19N3O4S/c1-14-17(24-22(30-14)15-5-3-2-4-6-15)12-21(27)26-23-25-18(13-31-23)16-7-8-19-20(11-16)29-10-9-28-19/h2-8,11,13H,9-10,12H2,1H3,(H,25,26,27). The molecule has 8 heteroatoms. The number of rotatable bonds is 5. The maximum atomic E-state index is 12.6. The van der Waals surface area contributed by atoms with Crippen molar-refractivity contribution in [3.05, 3.63) is 65.4 Å². The number of carbonyl (C=O) groups excluding carboxylic acids is 1. The topological polar surface area (TPSA) is 86.5 Å². The number of carbonyl (C=O) groups is 1. The van der Waals surface area contributed by atoms with Gasteiger partial charge in [0.15, 0.2) is 16.6 Å². The minimum atomic E-state index is -0.195. The average molecular weight is 433 g/mol. The van der Waals surface area contributed by atoms with Gasteiger partial charge in [-0.25, -0.2) is 9.97 Å². The molecule has 1 aliphatic rings. The van der Waals surface area contributed by atoms with Gasteiger partial charge in [-0.2, -0.15) is 0 Å². The van der Waals surface area contributed by atoms with E-state index in [2.05, 4.69) is 15.3 Å². The first-order valence-electron chi connectivity index (χ1n) is 9.83. The van der Waals surface area contributed by atoms with Gasteiger partial charge in [-0.1, -0.05) is 18.2 Å². The van der Waals surface area contributed by atoms with Crippen molar-refractivity contribution in [3.63, 3.8) is 0 Å². The van der Waals surface area contributed by atoms with Crippen LogP contribution in [0.5, 0.6) is 11.5 Å². The van der Waals surface area contributed by atoms with Gasteiger partial charge in [0.25, 0.3) is 0 Å². The number of hydrogen-bond donors (Lipinski definition) is 1. The van der Waals surface area contributed by atoms with E-state index in [0.29, 0.717) is 41.4 Å². The fraction of sp³-hybridized carbons (Fsp3) is 0.174. The van der Waals surface area contributed by atoms with Gasteiger partial charge in [-0.05, 0) is 37.3 Å². The van der Waals surface area contributed by atoms with Crippen LogP contribution in [0.3, 0.4) is 0 Å². The van der Waals surface area contributed by atoms with Crippen molar-refractivity contribution in [2.24, 2.45) is 0 Å². The molecular weight excluding hydrogens is 414 g/mol. The number of oxazole rings is 1.